The SMILES string of the molecule is Cc1cnc2c(c1)nc(NC(=O)CC(C)(C)C(F)(F)F)n2C1CCC1. The van der Waals surface area contributed by atoms with Crippen LogP contribution in [0.3, 0.4) is 0 Å². The number of aryl methyl sites for hydroxylation is 1. The monoisotopic (exact) mass is 354 g/mol. The fourth-order valence-corrected chi connectivity index (χ4v) is 2.83. The third kappa shape index (κ3) is 3.34. The Hall–Kier alpha value is -2.12. The zero-order valence-corrected chi connectivity index (χ0v) is 14.4. The molecule has 2 aromatic heterocycles. The highest BCUT2D eigenvalue weighted by Gasteiger charge is 2.48. The van der Waals surface area contributed by atoms with Gasteiger partial charge in [-0.05, 0) is 37.8 Å². The standard InChI is InChI=1S/C17H21F3N4O/c1-10-7-12-14(21-9-10)24(11-5-4-6-11)15(22-12)23-13(25)8-16(2,3)17(18,19)20/h7,9,11H,4-6,8H2,1-3H3,(H,22,23,25). The van der Waals surface area contributed by atoms with Gasteiger partial charge in [-0.3, -0.25) is 14.7 Å². The number of rotatable bonds is 4. The summed E-state index contributed by atoms with van der Waals surface area (Å²) < 4.78 is 40.9. The van der Waals surface area contributed by atoms with E-state index in [0.717, 1.165) is 38.7 Å². The van der Waals surface area contributed by atoms with Gasteiger partial charge in [0.05, 0.1) is 5.41 Å². The van der Waals surface area contributed by atoms with Crippen LogP contribution in [0.25, 0.3) is 11.2 Å². The summed E-state index contributed by atoms with van der Waals surface area (Å²) in [6, 6.07) is 2.03. The predicted octanol–water partition coefficient (Wildman–Crippen LogP) is 4.38. The Morgan fingerprint density at radius 2 is 2.04 bits per heavy atom. The number of halogens is 3. The summed E-state index contributed by atoms with van der Waals surface area (Å²) in [6.07, 6.45) is -0.425. The Morgan fingerprint density at radius 1 is 1.36 bits per heavy atom. The summed E-state index contributed by atoms with van der Waals surface area (Å²) in [6.45, 7) is 3.93. The third-order valence-corrected chi connectivity index (χ3v) is 4.73. The Bertz CT molecular complexity index is 806. The Labute approximate surface area is 143 Å². The zero-order chi connectivity index (χ0) is 18.4. The molecule has 0 unspecified atom stereocenters. The lowest BCUT2D eigenvalue weighted by Crippen LogP contribution is -2.36. The molecular weight excluding hydrogens is 333 g/mol. The lowest BCUT2D eigenvalue weighted by atomic mass is 9.88. The van der Waals surface area contributed by atoms with Gasteiger partial charge in [0, 0.05) is 18.7 Å². The molecule has 1 aliphatic rings. The first-order chi connectivity index (χ1) is 11.6. The molecule has 0 aromatic carbocycles. The first kappa shape index (κ1) is 17.7. The van der Waals surface area contributed by atoms with Crippen molar-refractivity contribution in [2.75, 3.05) is 5.32 Å². The van der Waals surface area contributed by atoms with Crippen molar-refractivity contribution in [3.05, 3.63) is 17.8 Å². The molecular formula is C17H21F3N4O. The Morgan fingerprint density at radius 3 is 2.60 bits per heavy atom. The van der Waals surface area contributed by atoms with Crippen molar-refractivity contribution in [3.8, 4) is 0 Å². The van der Waals surface area contributed by atoms with Gasteiger partial charge in [-0.1, -0.05) is 13.8 Å². The zero-order valence-electron chi connectivity index (χ0n) is 14.4. The van der Waals surface area contributed by atoms with E-state index in [1.54, 1.807) is 6.20 Å². The second-order valence-corrected chi connectivity index (χ2v) is 7.35. The van der Waals surface area contributed by atoms with Gasteiger partial charge in [0.1, 0.15) is 5.52 Å². The number of aromatic nitrogens is 3. The molecule has 1 aliphatic carbocycles. The summed E-state index contributed by atoms with van der Waals surface area (Å²) in [4.78, 5) is 21.0. The number of anilines is 1. The number of carbonyl (C=O) groups is 1. The quantitative estimate of drug-likeness (QED) is 0.886. The van der Waals surface area contributed by atoms with Gasteiger partial charge in [-0.15, -0.1) is 0 Å². The van der Waals surface area contributed by atoms with Gasteiger partial charge in [0.2, 0.25) is 11.9 Å². The lowest BCUT2D eigenvalue weighted by Gasteiger charge is -2.29. The third-order valence-electron chi connectivity index (χ3n) is 4.73. The lowest BCUT2D eigenvalue weighted by molar-refractivity contribution is -0.213. The largest absolute Gasteiger partial charge is 0.394 e. The van der Waals surface area contributed by atoms with Crippen molar-refractivity contribution in [2.45, 2.75) is 58.7 Å². The molecule has 136 valence electrons. The average molecular weight is 354 g/mol. The fourth-order valence-electron chi connectivity index (χ4n) is 2.83. The van der Waals surface area contributed by atoms with Crippen LogP contribution in [0.2, 0.25) is 0 Å². The van der Waals surface area contributed by atoms with E-state index in [9.17, 15) is 18.0 Å². The van der Waals surface area contributed by atoms with E-state index in [2.05, 4.69) is 15.3 Å². The number of carbonyl (C=O) groups excluding carboxylic acids is 1. The number of nitrogens with one attached hydrogen (secondary N) is 1. The molecule has 2 heterocycles. The number of amides is 1. The minimum atomic E-state index is -4.45. The van der Waals surface area contributed by atoms with Crippen molar-refractivity contribution in [1.82, 2.24) is 14.5 Å². The van der Waals surface area contributed by atoms with Crippen molar-refractivity contribution in [1.29, 1.82) is 0 Å². The van der Waals surface area contributed by atoms with Crippen LogP contribution >= 0.6 is 0 Å². The van der Waals surface area contributed by atoms with E-state index in [0.29, 0.717) is 11.2 Å². The van der Waals surface area contributed by atoms with Crippen LogP contribution in [0.1, 0.15) is 51.1 Å². The molecule has 1 N–H and O–H groups in total. The van der Waals surface area contributed by atoms with E-state index in [1.165, 1.54) is 0 Å². The number of hydrogen-bond donors (Lipinski definition) is 1. The summed E-state index contributed by atoms with van der Waals surface area (Å²) >= 11 is 0. The number of alkyl halides is 3. The number of nitrogens with zero attached hydrogens (tertiary/aromatic N) is 3. The number of pyridine rings is 1. The van der Waals surface area contributed by atoms with Gasteiger partial charge in [-0.25, -0.2) is 9.97 Å². The Kier molecular flexibility index (Phi) is 4.25. The van der Waals surface area contributed by atoms with E-state index in [1.807, 2.05) is 17.6 Å². The number of fused-ring (bicyclic) bond motifs is 1. The molecule has 1 fully saturated rings. The molecule has 25 heavy (non-hydrogen) atoms. The van der Waals surface area contributed by atoms with Crippen LogP contribution in [-0.2, 0) is 4.79 Å². The van der Waals surface area contributed by atoms with Crippen LogP contribution in [0.15, 0.2) is 12.3 Å². The van der Waals surface area contributed by atoms with Crippen LogP contribution < -0.4 is 5.32 Å². The number of imidazole rings is 1. The first-order valence-electron chi connectivity index (χ1n) is 8.30. The van der Waals surface area contributed by atoms with Gasteiger partial charge >= 0.3 is 6.18 Å². The van der Waals surface area contributed by atoms with E-state index in [-0.39, 0.29) is 12.0 Å². The molecule has 0 saturated heterocycles. The fraction of sp³-hybridized carbons (Fsp3) is 0.588. The molecule has 2 aromatic rings. The maximum Gasteiger partial charge on any atom is 0.394 e. The summed E-state index contributed by atoms with van der Waals surface area (Å²) in [5, 5.41) is 2.57. The van der Waals surface area contributed by atoms with E-state index < -0.39 is 23.9 Å². The summed E-state index contributed by atoms with van der Waals surface area (Å²) in [7, 11) is 0. The Balaban J connectivity index is 1.89. The smallest absolute Gasteiger partial charge is 0.296 e. The van der Waals surface area contributed by atoms with Crippen molar-refractivity contribution in [2.24, 2.45) is 5.41 Å². The average Bonchev–Trinajstić information content (AvgIpc) is 2.72. The second-order valence-electron chi connectivity index (χ2n) is 7.35. The minimum Gasteiger partial charge on any atom is -0.296 e. The van der Waals surface area contributed by atoms with Crippen molar-refractivity contribution in [3.63, 3.8) is 0 Å². The van der Waals surface area contributed by atoms with Gasteiger partial charge in [0.25, 0.3) is 0 Å². The van der Waals surface area contributed by atoms with Crippen LogP contribution in [0.5, 0.6) is 0 Å². The van der Waals surface area contributed by atoms with Crippen LogP contribution in [-0.4, -0.2) is 26.6 Å². The van der Waals surface area contributed by atoms with Gasteiger partial charge in [0.15, 0.2) is 5.65 Å². The van der Waals surface area contributed by atoms with E-state index in [4.69, 9.17) is 0 Å². The number of hydrogen-bond acceptors (Lipinski definition) is 3. The molecule has 5 nitrogen and oxygen atoms in total. The maximum atomic E-state index is 13.0. The molecule has 0 bridgehead atoms. The molecule has 1 amide bonds. The summed E-state index contributed by atoms with van der Waals surface area (Å²) in [5.74, 6) is -0.421. The first-order valence-corrected chi connectivity index (χ1v) is 8.30. The normalized spacial score (nSPS) is 16.1. The summed E-state index contributed by atoms with van der Waals surface area (Å²) in [5.41, 5.74) is 0.124. The maximum absolute atomic E-state index is 13.0. The second kappa shape index (κ2) is 6.00. The van der Waals surface area contributed by atoms with Gasteiger partial charge < -0.3 is 0 Å². The molecule has 3 rings (SSSR count). The van der Waals surface area contributed by atoms with Crippen LogP contribution in [0.4, 0.5) is 19.1 Å². The van der Waals surface area contributed by atoms with E-state index >= 15 is 0 Å². The molecule has 1 saturated carbocycles. The molecule has 8 heteroatoms. The molecule has 0 aliphatic heterocycles. The molecule has 0 atom stereocenters. The highest BCUT2D eigenvalue weighted by Crippen LogP contribution is 2.41. The predicted molar refractivity (Wildman–Crippen MR) is 88.2 cm³/mol. The van der Waals surface area contributed by atoms with Crippen molar-refractivity contribution < 1.29 is 18.0 Å². The highest BCUT2D eigenvalue weighted by molar-refractivity contribution is 5.91. The minimum absolute atomic E-state index is 0.172. The molecule has 0 spiro atoms. The van der Waals surface area contributed by atoms with Crippen LogP contribution in [0, 0.1) is 12.3 Å². The molecule has 0 radical (unpaired) electrons. The van der Waals surface area contributed by atoms with Gasteiger partial charge in [-0.2, -0.15) is 13.2 Å². The van der Waals surface area contributed by atoms with Crippen molar-refractivity contribution >= 4 is 23.0 Å². The highest BCUT2D eigenvalue weighted by atomic mass is 19.4. The topological polar surface area (TPSA) is 59.8 Å².